The van der Waals surface area contributed by atoms with Crippen molar-refractivity contribution < 1.29 is 31.1 Å². The van der Waals surface area contributed by atoms with Gasteiger partial charge < -0.3 is 9.47 Å². The van der Waals surface area contributed by atoms with E-state index in [0.29, 0.717) is 5.75 Å². The van der Waals surface area contributed by atoms with E-state index in [4.69, 9.17) is 4.74 Å². The van der Waals surface area contributed by atoms with E-state index in [1.807, 2.05) is 30.3 Å². The quantitative estimate of drug-likeness (QED) is 0.449. The molecular weight excluding hydrogens is 487 g/mol. The number of alkyl halides is 3. The van der Waals surface area contributed by atoms with Crippen LogP contribution in [0, 0.1) is 0 Å². The maximum absolute atomic E-state index is 12.7. The molecular formula is C20H15BrF3NO4S. The van der Waals surface area contributed by atoms with E-state index < -0.39 is 27.0 Å². The van der Waals surface area contributed by atoms with Crippen molar-refractivity contribution in [1.82, 2.24) is 0 Å². The van der Waals surface area contributed by atoms with E-state index in [1.165, 1.54) is 18.2 Å². The number of halogens is 4. The van der Waals surface area contributed by atoms with Gasteiger partial charge in [0.05, 0.1) is 5.69 Å². The number of rotatable bonds is 7. The Hall–Kier alpha value is -2.72. The monoisotopic (exact) mass is 501 g/mol. The van der Waals surface area contributed by atoms with Crippen molar-refractivity contribution in [2.24, 2.45) is 0 Å². The van der Waals surface area contributed by atoms with Crippen molar-refractivity contribution in [2.45, 2.75) is 17.9 Å². The standard InChI is InChI=1S/C20H15BrF3NO4S/c21-15-9-10-19(18(11-15)29-20(22,23)24)30(26,27)25-16-7-4-8-17(12-16)28-13-14-5-2-1-3-6-14/h1-12,25H,13H2. The van der Waals surface area contributed by atoms with Crippen LogP contribution in [-0.2, 0) is 16.6 Å². The molecule has 3 aromatic carbocycles. The molecule has 0 amide bonds. The Morgan fingerprint density at radius 1 is 0.933 bits per heavy atom. The smallest absolute Gasteiger partial charge is 0.489 e. The third-order valence-electron chi connectivity index (χ3n) is 3.76. The minimum atomic E-state index is -5.05. The van der Waals surface area contributed by atoms with Crippen LogP contribution < -0.4 is 14.2 Å². The van der Waals surface area contributed by atoms with Gasteiger partial charge in [0.25, 0.3) is 10.0 Å². The molecule has 0 spiro atoms. The van der Waals surface area contributed by atoms with Crippen molar-refractivity contribution in [3.05, 3.63) is 82.8 Å². The van der Waals surface area contributed by atoms with Crippen LogP contribution in [0.3, 0.4) is 0 Å². The topological polar surface area (TPSA) is 64.6 Å². The second kappa shape index (κ2) is 8.97. The predicted molar refractivity (Wildman–Crippen MR) is 109 cm³/mol. The molecule has 3 rings (SSSR count). The summed E-state index contributed by atoms with van der Waals surface area (Å²) in [5, 5.41) is 0. The summed E-state index contributed by atoms with van der Waals surface area (Å²) in [5.74, 6) is -0.456. The van der Waals surface area contributed by atoms with E-state index in [0.717, 1.165) is 17.7 Å². The van der Waals surface area contributed by atoms with Crippen molar-refractivity contribution in [3.63, 3.8) is 0 Å². The number of nitrogens with one attached hydrogen (secondary N) is 1. The first-order chi connectivity index (χ1) is 14.1. The minimum Gasteiger partial charge on any atom is -0.489 e. The van der Waals surface area contributed by atoms with Crippen LogP contribution in [0.4, 0.5) is 18.9 Å². The molecule has 158 valence electrons. The van der Waals surface area contributed by atoms with Crippen LogP contribution in [0.1, 0.15) is 5.56 Å². The lowest BCUT2D eigenvalue weighted by Gasteiger charge is -2.15. The van der Waals surface area contributed by atoms with Crippen LogP contribution in [0.5, 0.6) is 11.5 Å². The van der Waals surface area contributed by atoms with Crippen LogP contribution in [0.25, 0.3) is 0 Å². The minimum absolute atomic E-state index is 0.126. The van der Waals surface area contributed by atoms with E-state index in [-0.39, 0.29) is 16.8 Å². The molecule has 0 aromatic heterocycles. The summed E-state index contributed by atoms with van der Waals surface area (Å²) in [4.78, 5) is -0.654. The zero-order chi connectivity index (χ0) is 21.8. The Morgan fingerprint density at radius 3 is 2.37 bits per heavy atom. The molecule has 0 radical (unpaired) electrons. The van der Waals surface area contributed by atoms with E-state index in [9.17, 15) is 21.6 Å². The SMILES string of the molecule is O=S(=O)(Nc1cccc(OCc2ccccc2)c1)c1ccc(Br)cc1OC(F)(F)F. The average molecular weight is 502 g/mol. The molecule has 3 aromatic rings. The number of sulfonamides is 1. The Morgan fingerprint density at radius 2 is 1.67 bits per heavy atom. The van der Waals surface area contributed by atoms with Gasteiger partial charge in [0.2, 0.25) is 0 Å². The van der Waals surface area contributed by atoms with Crippen molar-refractivity contribution in [3.8, 4) is 11.5 Å². The maximum Gasteiger partial charge on any atom is 0.573 e. The highest BCUT2D eigenvalue weighted by molar-refractivity contribution is 9.10. The van der Waals surface area contributed by atoms with E-state index in [2.05, 4.69) is 25.4 Å². The first-order valence-electron chi connectivity index (χ1n) is 8.47. The fourth-order valence-electron chi connectivity index (χ4n) is 2.51. The predicted octanol–water partition coefficient (Wildman–Crippen LogP) is 5.73. The van der Waals surface area contributed by atoms with Gasteiger partial charge in [-0.05, 0) is 35.9 Å². The Bertz CT molecular complexity index is 1120. The summed E-state index contributed by atoms with van der Waals surface area (Å²) >= 11 is 3.00. The number of ether oxygens (including phenoxy) is 2. The van der Waals surface area contributed by atoms with Crippen LogP contribution in [-0.4, -0.2) is 14.8 Å². The van der Waals surface area contributed by atoms with Crippen LogP contribution in [0.15, 0.2) is 82.2 Å². The van der Waals surface area contributed by atoms with E-state index >= 15 is 0 Å². The summed E-state index contributed by atoms with van der Waals surface area (Å²) in [6.45, 7) is 0.271. The molecule has 1 N–H and O–H groups in total. The molecule has 0 atom stereocenters. The van der Waals surface area contributed by atoms with Gasteiger partial charge in [-0.3, -0.25) is 4.72 Å². The molecule has 0 fully saturated rings. The normalized spacial score (nSPS) is 11.7. The largest absolute Gasteiger partial charge is 0.573 e. The highest BCUT2D eigenvalue weighted by Crippen LogP contribution is 2.33. The first kappa shape index (κ1) is 22.0. The first-order valence-corrected chi connectivity index (χ1v) is 10.7. The molecule has 0 aliphatic heterocycles. The second-order valence-electron chi connectivity index (χ2n) is 6.05. The summed E-state index contributed by atoms with van der Waals surface area (Å²) < 4.78 is 75.4. The zero-order valence-corrected chi connectivity index (χ0v) is 17.6. The van der Waals surface area contributed by atoms with Gasteiger partial charge in [-0.25, -0.2) is 8.42 Å². The lowest BCUT2D eigenvalue weighted by atomic mass is 10.2. The van der Waals surface area contributed by atoms with Gasteiger partial charge in [-0.15, -0.1) is 13.2 Å². The van der Waals surface area contributed by atoms with Gasteiger partial charge >= 0.3 is 6.36 Å². The van der Waals surface area contributed by atoms with Crippen LogP contribution >= 0.6 is 15.9 Å². The third kappa shape index (κ3) is 6.14. The fourth-order valence-corrected chi connectivity index (χ4v) is 4.01. The molecule has 0 bridgehead atoms. The molecule has 30 heavy (non-hydrogen) atoms. The Labute approximate surface area is 179 Å². The lowest BCUT2D eigenvalue weighted by molar-refractivity contribution is -0.275. The van der Waals surface area contributed by atoms with E-state index in [1.54, 1.807) is 12.1 Å². The van der Waals surface area contributed by atoms with Gasteiger partial charge in [-0.2, -0.15) is 0 Å². The molecule has 5 nitrogen and oxygen atoms in total. The lowest BCUT2D eigenvalue weighted by Crippen LogP contribution is -2.21. The summed E-state index contributed by atoms with van der Waals surface area (Å²) in [6, 6.07) is 18.7. The molecule has 0 unspecified atom stereocenters. The summed E-state index contributed by atoms with van der Waals surface area (Å²) in [7, 11) is -4.37. The summed E-state index contributed by atoms with van der Waals surface area (Å²) in [5.41, 5.74) is 1.05. The molecule has 0 saturated heterocycles. The zero-order valence-electron chi connectivity index (χ0n) is 15.2. The molecule has 0 saturated carbocycles. The highest BCUT2D eigenvalue weighted by Gasteiger charge is 2.34. The Balaban J connectivity index is 1.80. The van der Waals surface area contributed by atoms with Gasteiger partial charge in [0.1, 0.15) is 17.3 Å². The molecule has 0 aliphatic rings. The third-order valence-corrected chi connectivity index (χ3v) is 5.67. The van der Waals surface area contributed by atoms with Crippen LogP contribution in [0.2, 0.25) is 0 Å². The number of benzene rings is 3. The highest BCUT2D eigenvalue weighted by atomic mass is 79.9. The van der Waals surface area contributed by atoms with Crippen molar-refractivity contribution in [2.75, 3.05) is 4.72 Å². The number of hydrogen-bond acceptors (Lipinski definition) is 4. The van der Waals surface area contributed by atoms with Crippen molar-refractivity contribution in [1.29, 1.82) is 0 Å². The molecule has 0 heterocycles. The van der Waals surface area contributed by atoms with Gasteiger partial charge in [0, 0.05) is 10.5 Å². The average Bonchev–Trinajstić information content (AvgIpc) is 2.66. The maximum atomic E-state index is 12.7. The number of anilines is 1. The van der Waals surface area contributed by atoms with Gasteiger partial charge in [-0.1, -0.05) is 52.3 Å². The van der Waals surface area contributed by atoms with Crippen molar-refractivity contribution >= 4 is 31.6 Å². The fraction of sp³-hybridized carbons (Fsp3) is 0.100. The number of hydrogen-bond donors (Lipinski definition) is 1. The van der Waals surface area contributed by atoms with Gasteiger partial charge in [0.15, 0.2) is 5.75 Å². The summed E-state index contributed by atoms with van der Waals surface area (Å²) in [6.07, 6.45) is -5.05. The molecule has 10 heteroatoms. The second-order valence-corrected chi connectivity index (χ2v) is 8.61. The Kier molecular flexibility index (Phi) is 6.57. The molecule has 0 aliphatic carbocycles.